The summed E-state index contributed by atoms with van der Waals surface area (Å²) in [6.45, 7) is 8.22. The second-order valence-corrected chi connectivity index (χ2v) is 9.58. The molecule has 11 heteroatoms. The smallest absolute Gasteiger partial charge is 0.314 e. The van der Waals surface area contributed by atoms with Crippen LogP contribution in [0.15, 0.2) is 18.2 Å². The van der Waals surface area contributed by atoms with Crippen LogP contribution >= 0.6 is 0 Å². The molecule has 2 N–H and O–H groups in total. The molecule has 0 saturated carbocycles. The van der Waals surface area contributed by atoms with Gasteiger partial charge in [0, 0.05) is 18.8 Å². The molecule has 0 atom stereocenters. The molecule has 1 aliphatic rings. The van der Waals surface area contributed by atoms with Gasteiger partial charge in [0.15, 0.2) is 16.1 Å². The van der Waals surface area contributed by atoms with Gasteiger partial charge in [0.2, 0.25) is 0 Å². The van der Waals surface area contributed by atoms with Gasteiger partial charge < -0.3 is 20.1 Å². The van der Waals surface area contributed by atoms with Crippen LogP contribution < -0.4 is 10.6 Å². The average molecular weight is 465 g/mol. The number of fused-ring (bicyclic) bond motifs is 1. The third-order valence-electron chi connectivity index (χ3n) is 4.94. The molecule has 2 heterocycles. The van der Waals surface area contributed by atoms with Crippen molar-refractivity contribution in [2.24, 2.45) is 0 Å². The van der Waals surface area contributed by atoms with E-state index in [-0.39, 0.29) is 23.9 Å². The summed E-state index contributed by atoms with van der Waals surface area (Å²) in [4.78, 5) is 25.0. The highest BCUT2D eigenvalue weighted by atomic mass is 32.2. The van der Waals surface area contributed by atoms with E-state index >= 15 is 0 Å². The topological polar surface area (TPSA) is 129 Å². The van der Waals surface area contributed by atoms with Crippen LogP contribution in [-0.4, -0.2) is 56.1 Å². The Labute approximate surface area is 187 Å². The molecule has 0 radical (unpaired) electrons. The van der Waals surface area contributed by atoms with E-state index in [0.29, 0.717) is 30.2 Å². The summed E-state index contributed by atoms with van der Waals surface area (Å²) < 4.78 is 36.4. The number of aryl methyl sites for hydroxylation is 2. The van der Waals surface area contributed by atoms with Gasteiger partial charge in [0.05, 0.1) is 29.4 Å². The van der Waals surface area contributed by atoms with E-state index < -0.39 is 27.9 Å². The predicted molar refractivity (Wildman–Crippen MR) is 118 cm³/mol. The van der Waals surface area contributed by atoms with Gasteiger partial charge in [-0.15, -0.1) is 0 Å². The molecule has 0 aliphatic carbocycles. The molecule has 0 fully saturated rings. The van der Waals surface area contributed by atoms with Gasteiger partial charge in [0.1, 0.15) is 5.82 Å². The molecule has 2 aromatic rings. The van der Waals surface area contributed by atoms with Crippen molar-refractivity contribution >= 4 is 27.5 Å². The van der Waals surface area contributed by atoms with E-state index in [2.05, 4.69) is 15.7 Å². The first-order valence-electron chi connectivity index (χ1n) is 10.4. The average Bonchev–Trinajstić information content (AvgIpc) is 3.18. The maximum Gasteiger partial charge on any atom is 0.314 e. The Morgan fingerprint density at radius 2 is 1.81 bits per heavy atom. The van der Waals surface area contributed by atoms with Crippen LogP contribution in [0, 0.1) is 13.8 Å². The van der Waals surface area contributed by atoms with Gasteiger partial charge in [-0.25, -0.2) is 13.1 Å². The third kappa shape index (κ3) is 5.34. The molecule has 3 rings (SSSR count). The molecule has 0 spiro atoms. The normalized spacial score (nSPS) is 14.4. The summed E-state index contributed by atoms with van der Waals surface area (Å²) >= 11 is 0. The number of carbonyl (C=O) groups excluding carboxylic acids is 2. The van der Waals surface area contributed by atoms with Crippen molar-refractivity contribution in [1.82, 2.24) is 15.1 Å². The number of hydrogen-bond acceptors (Lipinski definition) is 7. The van der Waals surface area contributed by atoms with E-state index in [1.54, 1.807) is 13.8 Å². The first-order valence-corrected chi connectivity index (χ1v) is 12.2. The maximum atomic E-state index is 12.6. The molecule has 0 saturated heterocycles. The van der Waals surface area contributed by atoms with Crippen LogP contribution in [0.2, 0.25) is 0 Å². The first kappa shape index (κ1) is 23.9. The van der Waals surface area contributed by atoms with Crippen LogP contribution in [0.1, 0.15) is 36.2 Å². The van der Waals surface area contributed by atoms with Crippen molar-refractivity contribution in [2.45, 2.75) is 45.5 Å². The minimum absolute atomic E-state index is 0.00322. The predicted octanol–water partition coefficient (Wildman–Crippen LogP) is 1.37. The molecule has 32 heavy (non-hydrogen) atoms. The Kier molecular flexibility index (Phi) is 7.32. The molecule has 10 nitrogen and oxygen atoms in total. The van der Waals surface area contributed by atoms with Gasteiger partial charge in [-0.05, 0) is 39.3 Å². The van der Waals surface area contributed by atoms with Crippen molar-refractivity contribution in [3.63, 3.8) is 0 Å². The second-order valence-electron chi connectivity index (χ2n) is 7.51. The number of nitrogens with zero attached hydrogens (tertiary/aromatic N) is 2. The number of hydrogen-bond donors (Lipinski definition) is 2. The Morgan fingerprint density at radius 1 is 1.12 bits per heavy atom. The molecule has 1 aliphatic heterocycles. The van der Waals surface area contributed by atoms with Gasteiger partial charge >= 0.3 is 11.8 Å². The van der Waals surface area contributed by atoms with Gasteiger partial charge in [-0.1, -0.05) is 17.7 Å². The lowest BCUT2D eigenvalue weighted by Gasteiger charge is -2.17. The van der Waals surface area contributed by atoms with Crippen molar-refractivity contribution in [2.75, 3.05) is 25.1 Å². The summed E-state index contributed by atoms with van der Waals surface area (Å²) in [5, 5.41) is 9.47. The minimum Gasteiger partial charge on any atom is -0.351 e. The van der Waals surface area contributed by atoms with E-state index in [9.17, 15) is 18.0 Å². The van der Waals surface area contributed by atoms with Crippen LogP contribution in [0.3, 0.4) is 0 Å². The molecule has 0 unspecified atom stereocenters. The Hall–Kier alpha value is -2.76. The summed E-state index contributed by atoms with van der Waals surface area (Å²) in [6.07, 6.45) is -0.670. The lowest BCUT2D eigenvalue weighted by Crippen LogP contribution is -2.41. The van der Waals surface area contributed by atoms with Crippen LogP contribution in [0.5, 0.6) is 0 Å². The SMILES string of the molecule is CCOC(CNC(=O)C(=O)Nc1c2c(nn1-c1ccc(C)cc1C)CS(=O)(=O)C2)OCC. The highest BCUT2D eigenvalue weighted by molar-refractivity contribution is 7.90. The number of ether oxygens (including phenoxy) is 2. The van der Waals surface area contributed by atoms with Gasteiger partial charge in [-0.2, -0.15) is 5.10 Å². The van der Waals surface area contributed by atoms with E-state index in [1.807, 2.05) is 32.0 Å². The quantitative estimate of drug-likeness (QED) is 0.446. The fraction of sp³-hybridized carbons (Fsp3) is 0.476. The minimum atomic E-state index is -3.35. The number of rotatable bonds is 8. The van der Waals surface area contributed by atoms with Crippen molar-refractivity contribution in [3.8, 4) is 5.69 Å². The summed E-state index contributed by atoms with van der Waals surface area (Å²) in [7, 11) is -3.35. The highest BCUT2D eigenvalue weighted by Gasteiger charge is 2.34. The fourth-order valence-corrected chi connectivity index (χ4v) is 5.04. The number of sulfone groups is 1. The van der Waals surface area contributed by atoms with Crippen LogP contribution in [0.4, 0.5) is 5.82 Å². The number of amides is 2. The van der Waals surface area contributed by atoms with E-state index in [1.165, 1.54) is 4.68 Å². The Morgan fingerprint density at radius 3 is 2.44 bits per heavy atom. The maximum absolute atomic E-state index is 12.6. The monoisotopic (exact) mass is 464 g/mol. The number of nitrogens with one attached hydrogen (secondary N) is 2. The molecular weight excluding hydrogens is 436 g/mol. The van der Waals surface area contributed by atoms with E-state index in [0.717, 1.165) is 11.1 Å². The Balaban J connectivity index is 1.85. The zero-order chi connectivity index (χ0) is 23.5. The zero-order valence-electron chi connectivity index (χ0n) is 18.6. The zero-order valence-corrected chi connectivity index (χ0v) is 19.4. The molecule has 2 amide bonds. The molecule has 174 valence electrons. The standard InChI is InChI=1S/C21H28N4O6S/c1-5-30-18(31-6-2)10-22-20(26)21(27)23-19-15-11-32(28,29)12-16(15)24-25(19)17-8-7-13(3)9-14(17)4/h7-9,18H,5-6,10-12H2,1-4H3,(H,22,26)(H,23,27). The number of anilines is 1. The third-order valence-corrected chi connectivity index (χ3v) is 6.38. The Bertz CT molecular complexity index is 1120. The molecule has 1 aromatic heterocycles. The number of carbonyl (C=O) groups is 2. The number of aromatic nitrogens is 2. The second kappa shape index (κ2) is 9.80. The van der Waals surface area contributed by atoms with Crippen LogP contribution in [-0.2, 0) is 40.4 Å². The molecular formula is C21H28N4O6S. The number of benzene rings is 1. The largest absolute Gasteiger partial charge is 0.351 e. The first-order chi connectivity index (χ1) is 15.1. The van der Waals surface area contributed by atoms with Crippen molar-refractivity contribution in [1.29, 1.82) is 0 Å². The molecule has 0 bridgehead atoms. The van der Waals surface area contributed by atoms with Crippen molar-refractivity contribution < 1.29 is 27.5 Å². The summed E-state index contributed by atoms with van der Waals surface area (Å²) in [5.74, 6) is -2.10. The van der Waals surface area contributed by atoms with Gasteiger partial charge in [0.25, 0.3) is 0 Å². The van der Waals surface area contributed by atoms with Crippen molar-refractivity contribution in [3.05, 3.63) is 40.6 Å². The van der Waals surface area contributed by atoms with Gasteiger partial charge in [-0.3, -0.25) is 9.59 Å². The lowest BCUT2D eigenvalue weighted by atomic mass is 10.1. The van der Waals surface area contributed by atoms with E-state index in [4.69, 9.17) is 9.47 Å². The molecule has 1 aromatic carbocycles. The van der Waals surface area contributed by atoms with Crippen LogP contribution in [0.25, 0.3) is 5.69 Å². The lowest BCUT2D eigenvalue weighted by molar-refractivity contribution is -0.145. The summed E-state index contributed by atoms with van der Waals surface area (Å²) in [5.41, 5.74) is 3.40. The fourth-order valence-electron chi connectivity index (χ4n) is 3.55. The highest BCUT2D eigenvalue weighted by Crippen LogP contribution is 2.33. The summed E-state index contributed by atoms with van der Waals surface area (Å²) in [6, 6.07) is 5.69.